The average Bonchev–Trinajstić information content (AvgIpc) is 3.08. The predicted molar refractivity (Wildman–Crippen MR) is 86.5 cm³/mol. The van der Waals surface area contributed by atoms with Gasteiger partial charge in [-0.1, -0.05) is 35.6 Å². The Kier molecular flexibility index (Phi) is 3.76. The summed E-state index contributed by atoms with van der Waals surface area (Å²) in [6, 6.07) is 7.04. The highest BCUT2D eigenvalue weighted by atomic mass is 32.1. The second-order valence-corrected chi connectivity index (χ2v) is 6.82. The van der Waals surface area contributed by atoms with Crippen LogP contribution in [0.2, 0.25) is 0 Å². The summed E-state index contributed by atoms with van der Waals surface area (Å²) in [7, 11) is 0. The van der Waals surface area contributed by atoms with Crippen molar-refractivity contribution >= 4 is 22.5 Å². The molecule has 0 saturated carbocycles. The maximum atomic E-state index is 12.2. The van der Waals surface area contributed by atoms with Gasteiger partial charge in [-0.3, -0.25) is 5.32 Å². The molecule has 0 saturated heterocycles. The molecule has 7 heteroatoms. The predicted octanol–water partition coefficient (Wildman–Crippen LogP) is 2.00. The van der Waals surface area contributed by atoms with Crippen LogP contribution in [0.15, 0.2) is 24.3 Å². The van der Waals surface area contributed by atoms with Crippen molar-refractivity contribution in [2.45, 2.75) is 31.6 Å². The fourth-order valence-corrected chi connectivity index (χ4v) is 4.04. The van der Waals surface area contributed by atoms with Crippen LogP contribution in [0.1, 0.15) is 27.7 Å². The van der Waals surface area contributed by atoms with Crippen LogP contribution in [0, 0.1) is 0 Å². The lowest BCUT2D eigenvalue weighted by Gasteiger charge is -2.17. The summed E-state index contributed by atoms with van der Waals surface area (Å²) in [4.78, 5) is 17.7. The third-order valence-electron chi connectivity index (χ3n) is 4.21. The van der Waals surface area contributed by atoms with Crippen molar-refractivity contribution in [3.8, 4) is 0 Å². The highest BCUT2D eigenvalue weighted by Gasteiger charge is 2.32. The largest absolute Gasteiger partial charge is 0.390 e. The van der Waals surface area contributed by atoms with Crippen LogP contribution in [0.4, 0.5) is 9.93 Å². The summed E-state index contributed by atoms with van der Waals surface area (Å²) in [5.41, 5.74) is 3.05. The summed E-state index contributed by atoms with van der Waals surface area (Å²) < 4.78 is 5.38. The van der Waals surface area contributed by atoms with Crippen molar-refractivity contribution in [2.24, 2.45) is 0 Å². The molecule has 4 rings (SSSR count). The molecule has 1 aliphatic carbocycles. The summed E-state index contributed by atoms with van der Waals surface area (Å²) in [6.45, 7) is 1.23. The van der Waals surface area contributed by atoms with E-state index in [1.807, 2.05) is 24.3 Å². The van der Waals surface area contributed by atoms with Crippen molar-refractivity contribution in [3.05, 3.63) is 46.0 Å². The monoisotopic (exact) mass is 331 g/mol. The summed E-state index contributed by atoms with van der Waals surface area (Å²) in [5, 5.41) is 16.4. The van der Waals surface area contributed by atoms with Gasteiger partial charge in [0, 0.05) is 12.8 Å². The lowest BCUT2D eigenvalue weighted by molar-refractivity contribution is 0.112. The van der Waals surface area contributed by atoms with Crippen LogP contribution in [0.3, 0.4) is 0 Å². The molecule has 2 aromatic rings. The van der Waals surface area contributed by atoms with Crippen LogP contribution in [0.5, 0.6) is 0 Å². The lowest BCUT2D eigenvalue weighted by Crippen LogP contribution is -2.36. The number of carbonyl (C=O) groups excluding carboxylic acids is 1. The number of ether oxygens (including phenoxy) is 1. The van der Waals surface area contributed by atoms with Gasteiger partial charge in [0.05, 0.1) is 35.9 Å². The van der Waals surface area contributed by atoms with E-state index in [9.17, 15) is 9.90 Å². The number of rotatable bonds is 2. The molecule has 0 spiro atoms. The number of nitrogens with zero attached hydrogens (tertiary/aromatic N) is 1. The second kappa shape index (κ2) is 5.92. The molecule has 2 aliphatic rings. The summed E-state index contributed by atoms with van der Waals surface area (Å²) in [6.07, 6.45) is 0.740. The third kappa shape index (κ3) is 2.83. The number of aromatic nitrogens is 1. The van der Waals surface area contributed by atoms with Crippen LogP contribution in [-0.4, -0.2) is 28.8 Å². The first-order valence-electron chi connectivity index (χ1n) is 7.60. The molecule has 1 aromatic heterocycles. The van der Waals surface area contributed by atoms with Crippen LogP contribution >= 0.6 is 11.3 Å². The van der Waals surface area contributed by atoms with Crippen molar-refractivity contribution < 1.29 is 14.6 Å². The van der Waals surface area contributed by atoms with E-state index in [4.69, 9.17) is 4.74 Å². The first-order chi connectivity index (χ1) is 11.2. The Balaban J connectivity index is 1.45. The molecule has 6 nitrogen and oxygen atoms in total. The number of aliphatic hydroxyl groups is 1. The summed E-state index contributed by atoms with van der Waals surface area (Å²) >= 11 is 1.44. The molecule has 2 heterocycles. The Bertz CT molecular complexity index is 722. The minimum atomic E-state index is -0.601. The molecule has 0 bridgehead atoms. The van der Waals surface area contributed by atoms with Crippen molar-refractivity contribution in [2.75, 3.05) is 11.9 Å². The van der Waals surface area contributed by atoms with E-state index in [1.54, 1.807) is 0 Å². The number of carbonyl (C=O) groups is 1. The van der Waals surface area contributed by atoms with Crippen LogP contribution < -0.4 is 10.6 Å². The van der Waals surface area contributed by atoms with E-state index >= 15 is 0 Å². The zero-order valence-electron chi connectivity index (χ0n) is 12.4. The van der Waals surface area contributed by atoms with Crippen molar-refractivity contribution in [1.82, 2.24) is 10.3 Å². The average molecular weight is 331 g/mol. The fraction of sp³-hybridized carbons (Fsp3) is 0.375. The number of nitrogens with one attached hydrogen (secondary N) is 2. The zero-order valence-corrected chi connectivity index (χ0v) is 13.2. The van der Waals surface area contributed by atoms with Gasteiger partial charge in [-0.25, -0.2) is 9.78 Å². The molecule has 2 atom stereocenters. The van der Waals surface area contributed by atoms with Gasteiger partial charge >= 0.3 is 6.03 Å². The number of fused-ring (bicyclic) bond motifs is 2. The molecule has 3 N–H and O–H groups in total. The first-order valence-corrected chi connectivity index (χ1v) is 8.42. The van der Waals surface area contributed by atoms with Gasteiger partial charge in [0.1, 0.15) is 0 Å². The number of hydrogen-bond donors (Lipinski definition) is 3. The Morgan fingerprint density at radius 2 is 2.26 bits per heavy atom. The van der Waals surface area contributed by atoms with E-state index in [-0.39, 0.29) is 12.1 Å². The van der Waals surface area contributed by atoms with Gasteiger partial charge in [0.2, 0.25) is 0 Å². The smallest absolute Gasteiger partial charge is 0.321 e. The van der Waals surface area contributed by atoms with E-state index in [2.05, 4.69) is 15.6 Å². The van der Waals surface area contributed by atoms with Gasteiger partial charge < -0.3 is 15.2 Å². The Labute approximate surface area is 137 Å². The number of thiazole rings is 1. The molecular formula is C16H17N3O3S. The normalized spacial score (nSPS) is 22.3. The quantitative estimate of drug-likeness (QED) is 0.786. The number of anilines is 1. The first kappa shape index (κ1) is 14.6. The molecule has 0 fully saturated rings. The van der Waals surface area contributed by atoms with Gasteiger partial charge in [-0.05, 0) is 11.1 Å². The Hall–Kier alpha value is -1.96. The molecular weight excluding hydrogens is 314 g/mol. The minimum Gasteiger partial charge on any atom is -0.390 e. The molecule has 0 unspecified atom stereocenters. The van der Waals surface area contributed by atoms with E-state index in [1.165, 1.54) is 11.3 Å². The Morgan fingerprint density at radius 1 is 1.39 bits per heavy atom. The van der Waals surface area contributed by atoms with E-state index in [0.29, 0.717) is 24.8 Å². The second-order valence-electron chi connectivity index (χ2n) is 5.74. The molecule has 2 amide bonds. The van der Waals surface area contributed by atoms with Gasteiger partial charge in [-0.2, -0.15) is 0 Å². The number of amides is 2. The maximum Gasteiger partial charge on any atom is 0.321 e. The highest BCUT2D eigenvalue weighted by Crippen LogP contribution is 2.31. The standard InChI is InChI=1S/C16H17N3O3S/c20-12-7-9-3-1-2-4-10(9)14(12)18-15(21)19-16-17-11-5-6-22-8-13(11)23-16/h1-4,12,14,20H,5-8H2,(H2,17,18,19,21)/t12-,14+/m1/s1. The maximum absolute atomic E-state index is 12.2. The van der Waals surface area contributed by atoms with Crippen LogP contribution in [-0.2, 0) is 24.2 Å². The van der Waals surface area contributed by atoms with Crippen molar-refractivity contribution in [1.29, 1.82) is 0 Å². The SMILES string of the molecule is O=C(Nc1nc2c(s1)COCC2)N[C@H]1c2ccccc2C[C@H]1O. The number of hydrogen-bond acceptors (Lipinski definition) is 5. The van der Waals surface area contributed by atoms with E-state index in [0.717, 1.165) is 28.1 Å². The van der Waals surface area contributed by atoms with Crippen LogP contribution in [0.25, 0.3) is 0 Å². The van der Waals surface area contributed by atoms with E-state index < -0.39 is 6.10 Å². The van der Waals surface area contributed by atoms with Crippen molar-refractivity contribution in [3.63, 3.8) is 0 Å². The number of urea groups is 1. The summed E-state index contributed by atoms with van der Waals surface area (Å²) in [5.74, 6) is 0. The zero-order chi connectivity index (χ0) is 15.8. The molecule has 0 radical (unpaired) electrons. The lowest BCUT2D eigenvalue weighted by atomic mass is 10.1. The van der Waals surface area contributed by atoms with Gasteiger partial charge in [0.25, 0.3) is 0 Å². The highest BCUT2D eigenvalue weighted by molar-refractivity contribution is 7.15. The number of benzene rings is 1. The minimum absolute atomic E-state index is 0.349. The Morgan fingerprint density at radius 3 is 3.13 bits per heavy atom. The molecule has 1 aromatic carbocycles. The van der Waals surface area contributed by atoms with Gasteiger partial charge in [0.15, 0.2) is 5.13 Å². The van der Waals surface area contributed by atoms with Gasteiger partial charge in [-0.15, -0.1) is 0 Å². The molecule has 23 heavy (non-hydrogen) atoms. The fourth-order valence-electron chi connectivity index (χ4n) is 3.10. The topological polar surface area (TPSA) is 83.5 Å². The third-order valence-corrected chi connectivity index (χ3v) is 5.19. The molecule has 1 aliphatic heterocycles. The molecule has 120 valence electrons. The number of aliphatic hydroxyl groups excluding tert-OH is 1.